The third-order valence-electron chi connectivity index (χ3n) is 4.89. The maximum absolute atomic E-state index is 13.2. The monoisotopic (exact) mass is 487 g/mol. The van der Waals surface area contributed by atoms with E-state index in [0.717, 1.165) is 11.3 Å². The van der Waals surface area contributed by atoms with Gasteiger partial charge in [-0.3, -0.25) is 9.78 Å². The Morgan fingerprint density at radius 1 is 1.09 bits per heavy atom. The molecule has 0 aliphatic heterocycles. The average molecular weight is 488 g/mol. The van der Waals surface area contributed by atoms with E-state index >= 15 is 0 Å². The molecule has 0 saturated carbocycles. The van der Waals surface area contributed by atoms with Gasteiger partial charge in [0.1, 0.15) is 0 Å². The van der Waals surface area contributed by atoms with E-state index in [1.54, 1.807) is 28.1 Å². The fourth-order valence-electron chi connectivity index (χ4n) is 2.92. The third kappa shape index (κ3) is 7.86. The average Bonchev–Trinajstić information content (AvgIpc) is 2.79. The lowest BCUT2D eigenvalue weighted by atomic mass is 9.91. The minimum absolute atomic E-state index is 0.0121. The van der Waals surface area contributed by atoms with Crippen LogP contribution in [0.4, 0.5) is 13.2 Å². The normalized spacial score (nSPS) is 12.4. The highest BCUT2D eigenvalue weighted by Crippen LogP contribution is 2.39. The van der Waals surface area contributed by atoms with Crippen molar-refractivity contribution in [2.24, 2.45) is 0 Å². The van der Waals surface area contributed by atoms with E-state index in [1.807, 2.05) is 52.1 Å². The van der Waals surface area contributed by atoms with Crippen molar-refractivity contribution in [1.29, 1.82) is 0 Å². The molecule has 0 fully saturated rings. The van der Waals surface area contributed by atoms with Crippen LogP contribution in [-0.4, -0.2) is 48.4 Å². The largest absolute Gasteiger partial charge is 0.491 e. The number of methoxy groups -OCH3 is 2. The first-order valence-corrected chi connectivity index (χ1v) is 10.8. The summed E-state index contributed by atoms with van der Waals surface area (Å²) in [6.07, 6.45) is -4.84. The number of alkyl halides is 3. The maximum Gasteiger partial charge on any atom is 0.424 e. The molecule has 0 saturated heterocycles. The summed E-state index contributed by atoms with van der Waals surface area (Å²) in [5, 5.41) is 11.9. The second-order valence-corrected chi connectivity index (χ2v) is 7.48. The highest BCUT2D eigenvalue weighted by atomic mass is 19.4. The zero-order valence-electron chi connectivity index (χ0n) is 21.3. The van der Waals surface area contributed by atoms with Gasteiger partial charge in [0, 0.05) is 11.4 Å². The lowest BCUT2D eigenvalue weighted by molar-refractivity contribution is -0.265. The molecule has 0 aromatic carbocycles. The smallest absolute Gasteiger partial charge is 0.424 e. The van der Waals surface area contributed by atoms with E-state index in [4.69, 9.17) is 9.47 Å². The summed E-state index contributed by atoms with van der Waals surface area (Å²) in [4.78, 5) is 18.3. The number of nitrogens with one attached hydrogen (secondary N) is 1. The summed E-state index contributed by atoms with van der Waals surface area (Å²) in [7, 11) is 3.17. The molecule has 0 aliphatic carbocycles. The first-order valence-electron chi connectivity index (χ1n) is 10.8. The number of aryl methyl sites for hydroxylation is 2. The lowest BCUT2D eigenvalue weighted by Gasteiger charge is -2.31. The van der Waals surface area contributed by atoms with Crippen molar-refractivity contribution >= 4 is 6.41 Å². The molecule has 0 radical (unpaired) electrons. The van der Waals surface area contributed by atoms with Crippen LogP contribution < -0.4 is 14.8 Å². The molecule has 2 N–H and O–H groups in total. The Morgan fingerprint density at radius 2 is 1.68 bits per heavy atom. The molecule has 0 spiro atoms. The quantitative estimate of drug-likeness (QED) is 0.548. The Hall–Kier alpha value is -2.88. The first kappa shape index (κ1) is 31.1. The van der Waals surface area contributed by atoms with Crippen molar-refractivity contribution in [3.05, 3.63) is 46.4 Å². The maximum atomic E-state index is 13.2. The number of ether oxygens (including phenoxy) is 2. The Balaban J connectivity index is 0.000000701. The number of amides is 1. The summed E-state index contributed by atoms with van der Waals surface area (Å²) in [6, 6.07) is 4.97. The number of rotatable bonds is 7. The molecule has 2 rings (SSSR count). The van der Waals surface area contributed by atoms with E-state index in [9.17, 15) is 23.1 Å². The van der Waals surface area contributed by atoms with Gasteiger partial charge in [-0.05, 0) is 56.0 Å². The van der Waals surface area contributed by atoms with Crippen LogP contribution in [0.2, 0.25) is 0 Å². The SMILES string of the molecule is CC.COc1ccc(C)nc1OC.Cc1nc(C(O)(CNC=O)C(F)(F)F)cc(C(C)C)c1C. The molecule has 1 unspecified atom stereocenters. The molecular weight excluding hydrogens is 451 g/mol. The van der Waals surface area contributed by atoms with Crippen molar-refractivity contribution in [3.63, 3.8) is 0 Å². The van der Waals surface area contributed by atoms with Gasteiger partial charge in [0.05, 0.1) is 26.5 Å². The molecule has 192 valence electrons. The summed E-state index contributed by atoms with van der Waals surface area (Å²) in [5.41, 5.74) is -0.896. The van der Waals surface area contributed by atoms with Crippen molar-refractivity contribution in [3.8, 4) is 11.6 Å². The molecule has 1 atom stereocenters. The van der Waals surface area contributed by atoms with Crippen LogP contribution in [0.3, 0.4) is 0 Å². The second-order valence-electron chi connectivity index (χ2n) is 7.48. The molecule has 7 nitrogen and oxygen atoms in total. The van der Waals surface area contributed by atoms with Gasteiger partial charge in [-0.1, -0.05) is 27.7 Å². The predicted molar refractivity (Wildman–Crippen MR) is 125 cm³/mol. The lowest BCUT2D eigenvalue weighted by Crippen LogP contribution is -2.50. The van der Waals surface area contributed by atoms with Gasteiger partial charge in [0.15, 0.2) is 5.75 Å². The number of halogens is 3. The molecule has 1 amide bonds. The minimum Gasteiger partial charge on any atom is -0.491 e. The molecule has 10 heteroatoms. The fraction of sp³-hybridized carbons (Fsp3) is 0.542. The molecule has 2 aromatic rings. The van der Waals surface area contributed by atoms with Crippen LogP contribution in [0.1, 0.15) is 61.8 Å². The summed E-state index contributed by atoms with van der Waals surface area (Å²) in [6.45, 7) is 12.0. The van der Waals surface area contributed by atoms with Gasteiger partial charge in [0.25, 0.3) is 5.88 Å². The molecule has 34 heavy (non-hydrogen) atoms. The standard InChI is InChI=1S/C14H19F3N2O2.C8H11NO2.C2H6/c1-8(2)11-5-12(19-10(4)9(11)3)13(21,6-18-7-20)14(15,16)17;1-6-4-5-7(10-2)8(9-6)11-3;1-2/h5,7-8,21H,6H2,1-4H3,(H,18,20);4-5H,1-3H3;1-2H3. The van der Waals surface area contributed by atoms with Gasteiger partial charge in [-0.15, -0.1) is 0 Å². The summed E-state index contributed by atoms with van der Waals surface area (Å²) < 4.78 is 49.7. The number of aromatic nitrogens is 2. The Labute approximate surface area is 199 Å². The van der Waals surface area contributed by atoms with Crippen molar-refractivity contribution < 1.29 is 32.5 Å². The Bertz CT molecular complexity index is 921. The summed E-state index contributed by atoms with van der Waals surface area (Å²) >= 11 is 0. The van der Waals surface area contributed by atoms with Crippen LogP contribution >= 0.6 is 0 Å². The number of carbonyl (C=O) groups is 1. The molecule has 0 aliphatic rings. The zero-order chi connectivity index (χ0) is 26.7. The van der Waals surface area contributed by atoms with Crippen LogP contribution in [0.5, 0.6) is 11.6 Å². The summed E-state index contributed by atoms with van der Waals surface area (Å²) in [5.74, 6) is 1.19. The van der Waals surface area contributed by atoms with E-state index in [1.165, 1.54) is 6.07 Å². The first-order chi connectivity index (χ1) is 15.8. The number of pyridine rings is 2. The number of nitrogens with zero attached hydrogens (tertiary/aromatic N) is 2. The topological polar surface area (TPSA) is 93.6 Å². The van der Waals surface area contributed by atoms with Crippen molar-refractivity contribution in [2.45, 2.75) is 66.2 Å². The van der Waals surface area contributed by atoms with Gasteiger partial charge in [0.2, 0.25) is 12.0 Å². The van der Waals surface area contributed by atoms with Crippen LogP contribution in [-0.2, 0) is 10.4 Å². The van der Waals surface area contributed by atoms with Gasteiger partial charge in [-0.2, -0.15) is 13.2 Å². The van der Waals surface area contributed by atoms with Crippen LogP contribution in [0, 0.1) is 20.8 Å². The van der Waals surface area contributed by atoms with E-state index < -0.39 is 24.0 Å². The van der Waals surface area contributed by atoms with Crippen molar-refractivity contribution in [2.75, 3.05) is 20.8 Å². The van der Waals surface area contributed by atoms with Gasteiger partial charge >= 0.3 is 6.18 Å². The fourth-order valence-corrected chi connectivity index (χ4v) is 2.92. The number of hydrogen-bond acceptors (Lipinski definition) is 6. The third-order valence-corrected chi connectivity index (χ3v) is 4.89. The highest BCUT2D eigenvalue weighted by molar-refractivity contribution is 5.46. The van der Waals surface area contributed by atoms with E-state index in [-0.39, 0.29) is 12.3 Å². The number of aliphatic hydroxyl groups is 1. The van der Waals surface area contributed by atoms with Gasteiger partial charge in [-0.25, -0.2) is 4.98 Å². The molecule has 0 bridgehead atoms. The molecular formula is C24H36F3N3O4. The molecule has 2 aromatic heterocycles. The molecule has 2 heterocycles. The van der Waals surface area contributed by atoms with E-state index in [2.05, 4.69) is 9.97 Å². The Morgan fingerprint density at radius 3 is 2.12 bits per heavy atom. The number of carbonyl (C=O) groups excluding carboxylic acids is 1. The highest BCUT2D eigenvalue weighted by Gasteiger charge is 2.56. The van der Waals surface area contributed by atoms with Crippen LogP contribution in [0.25, 0.3) is 0 Å². The minimum atomic E-state index is -4.95. The van der Waals surface area contributed by atoms with Crippen LogP contribution in [0.15, 0.2) is 18.2 Å². The van der Waals surface area contributed by atoms with Gasteiger partial charge < -0.3 is 19.9 Å². The van der Waals surface area contributed by atoms with Crippen molar-refractivity contribution in [1.82, 2.24) is 15.3 Å². The predicted octanol–water partition coefficient (Wildman–Crippen LogP) is 4.75. The second kappa shape index (κ2) is 13.7. The van der Waals surface area contributed by atoms with E-state index in [0.29, 0.717) is 22.9 Å². The number of hydrogen-bond donors (Lipinski definition) is 2. The zero-order valence-corrected chi connectivity index (χ0v) is 21.3. The Kier molecular flexibility index (Phi) is 12.6.